The predicted octanol–water partition coefficient (Wildman–Crippen LogP) is 3.50. The molecule has 0 radical (unpaired) electrons. The van der Waals surface area contributed by atoms with Gasteiger partial charge in [0.1, 0.15) is 11.3 Å². The number of aromatic nitrogens is 2. The summed E-state index contributed by atoms with van der Waals surface area (Å²) in [5.41, 5.74) is 2.19. The van der Waals surface area contributed by atoms with Crippen molar-refractivity contribution in [1.82, 2.24) is 9.55 Å². The lowest BCUT2D eigenvalue weighted by Gasteiger charge is -2.19. The number of hydrogen-bond acceptors (Lipinski definition) is 6. The van der Waals surface area contributed by atoms with Gasteiger partial charge in [0.05, 0.1) is 17.0 Å². The van der Waals surface area contributed by atoms with Gasteiger partial charge in [-0.1, -0.05) is 0 Å². The third-order valence-corrected chi connectivity index (χ3v) is 5.96. The van der Waals surface area contributed by atoms with E-state index in [0.717, 1.165) is 22.9 Å². The van der Waals surface area contributed by atoms with Gasteiger partial charge in [-0.15, -0.1) is 0 Å². The number of sulfone groups is 1. The van der Waals surface area contributed by atoms with E-state index in [9.17, 15) is 18.3 Å². The molecule has 31 heavy (non-hydrogen) atoms. The molecule has 0 saturated carbocycles. The van der Waals surface area contributed by atoms with Crippen LogP contribution in [0.2, 0.25) is 0 Å². The fraction of sp³-hybridized carbons (Fsp3) is 0.217. The minimum atomic E-state index is -3.28. The zero-order valence-corrected chi connectivity index (χ0v) is 18.2. The molecule has 3 heterocycles. The van der Waals surface area contributed by atoms with Crippen LogP contribution in [0.1, 0.15) is 13.8 Å². The topological polar surface area (TPSA) is 102 Å². The molecule has 0 saturated heterocycles. The number of benzene rings is 1. The van der Waals surface area contributed by atoms with Gasteiger partial charge in [-0.3, -0.25) is 9.78 Å². The van der Waals surface area contributed by atoms with Crippen molar-refractivity contribution in [2.45, 2.75) is 30.9 Å². The van der Waals surface area contributed by atoms with Crippen LogP contribution in [0, 0.1) is 0 Å². The SMILES string of the molecule is CC(C)(O)Cn1cc(-c2ccnc3cc(-c4ccc(S(C)(=O)=O)cc4)oc23)ccc1=O. The van der Waals surface area contributed by atoms with E-state index in [0.29, 0.717) is 16.9 Å². The second kappa shape index (κ2) is 7.47. The first kappa shape index (κ1) is 21.0. The second-order valence-electron chi connectivity index (χ2n) is 8.18. The average molecular weight is 439 g/mol. The summed E-state index contributed by atoms with van der Waals surface area (Å²) >= 11 is 0. The third kappa shape index (κ3) is 4.45. The molecule has 8 heteroatoms. The molecular formula is C23H22N2O5S. The molecule has 0 bridgehead atoms. The lowest BCUT2D eigenvalue weighted by molar-refractivity contribution is 0.0605. The van der Waals surface area contributed by atoms with E-state index < -0.39 is 15.4 Å². The second-order valence-corrected chi connectivity index (χ2v) is 10.2. The standard InChI is InChI=1S/C23H22N2O5S/c1-23(2,27)14-25-13-16(6-9-21(25)26)18-10-11-24-19-12-20(30-22(18)19)15-4-7-17(8-5-15)31(3,28)29/h4-13,27H,14H2,1-3H3. The highest BCUT2D eigenvalue weighted by Gasteiger charge is 2.17. The van der Waals surface area contributed by atoms with Crippen LogP contribution in [0.4, 0.5) is 0 Å². The van der Waals surface area contributed by atoms with Gasteiger partial charge >= 0.3 is 0 Å². The van der Waals surface area contributed by atoms with Gasteiger partial charge in [-0.2, -0.15) is 0 Å². The molecule has 160 valence electrons. The number of hydrogen-bond donors (Lipinski definition) is 1. The maximum absolute atomic E-state index is 12.2. The Balaban J connectivity index is 1.79. The predicted molar refractivity (Wildman–Crippen MR) is 119 cm³/mol. The quantitative estimate of drug-likeness (QED) is 0.512. The van der Waals surface area contributed by atoms with Crippen molar-refractivity contribution in [2.75, 3.05) is 6.26 Å². The fourth-order valence-corrected chi connectivity index (χ4v) is 4.04. The van der Waals surface area contributed by atoms with Crippen LogP contribution in [0.3, 0.4) is 0 Å². The lowest BCUT2D eigenvalue weighted by atomic mass is 10.1. The molecule has 0 aliphatic heterocycles. The van der Waals surface area contributed by atoms with Crippen LogP contribution in [-0.4, -0.2) is 34.9 Å². The minimum absolute atomic E-state index is 0.157. The highest BCUT2D eigenvalue weighted by molar-refractivity contribution is 7.90. The average Bonchev–Trinajstić information content (AvgIpc) is 3.12. The molecule has 3 aromatic heterocycles. The zero-order chi connectivity index (χ0) is 22.4. The van der Waals surface area contributed by atoms with Crippen LogP contribution in [0.25, 0.3) is 33.6 Å². The van der Waals surface area contributed by atoms with Crippen molar-refractivity contribution in [3.8, 4) is 22.5 Å². The van der Waals surface area contributed by atoms with Gasteiger partial charge in [-0.05, 0) is 50.2 Å². The van der Waals surface area contributed by atoms with Gasteiger partial charge in [0.2, 0.25) is 0 Å². The summed E-state index contributed by atoms with van der Waals surface area (Å²) in [6.07, 6.45) is 4.52. The van der Waals surface area contributed by atoms with Gasteiger partial charge in [-0.25, -0.2) is 8.42 Å². The maximum atomic E-state index is 12.2. The molecule has 0 spiro atoms. The minimum Gasteiger partial charge on any atom is -0.454 e. The molecule has 0 aliphatic carbocycles. The van der Waals surface area contributed by atoms with E-state index in [4.69, 9.17) is 4.42 Å². The summed E-state index contributed by atoms with van der Waals surface area (Å²) < 4.78 is 30.9. The Hall–Kier alpha value is -3.23. The number of aliphatic hydroxyl groups is 1. The highest BCUT2D eigenvalue weighted by atomic mass is 32.2. The van der Waals surface area contributed by atoms with E-state index in [2.05, 4.69) is 4.98 Å². The number of pyridine rings is 2. The molecule has 0 atom stereocenters. The van der Waals surface area contributed by atoms with E-state index in [1.807, 2.05) is 0 Å². The lowest BCUT2D eigenvalue weighted by Crippen LogP contribution is -2.32. The molecule has 4 aromatic rings. The molecule has 0 unspecified atom stereocenters. The Morgan fingerprint density at radius 1 is 1.06 bits per heavy atom. The zero-order valence-electron chi connectivity index (χ0n) is 17.4. The van der Waals surface area contributed by atoms with Crippen molar-refractivity contribution in [3.05, 3.63) is 71.3 Å². The Labute approximate surface area is 179 Å². The summed E-state index contributed by atoms with van der Waals surface area (Å²) in [5.74, 6) is 0.555. The van der Waals surface area contributed by atoms with E-state index in [-0.39, 0.29) is 17.0 Å². The van der Waals surface area contributed by atoms with E-state index in [1.165, 1.54) is 10.6 Å². The van der Waals surface area contributed by atoms with Crippen molar-refractivity contribution in [3.63, 3.8) is 0 Å². The molecule has 0 amide bonds. The first-order chi connectivity index (χ1) is 14.5. The van der Waals surface area contributed by atoms with Crippen LogP contribution in [0.5, 0.6) is 0 Å². The van der Waals surface area contributed by atoms with Gasteiger partial charge in [0.15, 0.2) is 15.4 Å². The normalized spacial score (nSPS) is 12.4. The number of nitrogens with zero attached hydrogens (tertiary/aromatic N) is 2. The van der Waals surface area contributed by atoms with Crippen LogP contribution >= 0.6 is 0 Å². The van der Waals surface area contributed by atoms with Gasteiger partial charge in [0, 0.05) is 47.5 Å². The summed E-state index contributed by atoms with van der Waals surface area (Å²) in [4.78, 5) is 16.8. The van der Waals surface area contributed by atoms with Crippen LogP contribution in [0.15, 0.2) is 75.0 Å². The van der Waals surface area contributed by atoms with Gasteiger partial charge in [0.25, 0.3) is 5.56 Å². The summed E-state index contributed by atoms with van der Waals surface area (Å²) in [6, 6.07) is 13.2. The first-order valence-electron chi connectivity index (χ1n) is 9.64. The summed E-state index contributed by atoms with van der Waals surface area (Å²) in [5, 5.41) is 10.1. The third-order valence-electron chi connectivity index (χ3n) is 4.83. The molecule has 0 fully saturated rings. The fourth-order valence-electron chi connectivity index (χ4n) is 3.41. The first-order valence-corrected chi connectivity index (χ1v) is 11.5. The number of fused-ring (bicyclic) bond motifs is 1. The summed E-state index contributed by atoms with van der Waals surface area (Å²) in [6.45, 7) is 3.44. The molecule has 1 aromatic carbocycles. The maximum Gasteiger partial charge on any atom is 0.250 e. The molecule has 0 aliphatic rings. The monoisotopic (exact) mass is 438 g/mol. The van der Waals surface area contributed by atoms with Crippen LogP contribution < -0.4 is 5.56 Å². The highest BCUT2D eigenvalue weighted by Crippen LogP contribution is 2.33. The Morgan fingerprint density at radius 2 is 1.74 bits per heavy atom. The van der Waals surface area contributed by atoms with Crippen molar-refractivity contribution < 1.29 is 17.9 Å². The van der Waals surface area contributed by atoms with Crippen molar-refractivity contribution in [1.29, 1.82) is 0 Å². The van der Waals surface area contributed by atoms with E-state index in [1.54, 1.807) is 68.7 Å². The van der Waals surface area contributed by atoms with Crippen molar-refractivity contribution >= 4 is 20.9 Å². The Bertz CT molecular complexity index is 1430. The largest absolute Gasteiger partial charge is 0.454 e. The molecule has 4 rings (SSSR count). The number of furan rings is 1. The molecular weight excluding hydrogens is 416 g/mol. The van der Waals surface area contributed by atoms with Gasteiger partial charge < -0.3 is 14.1 Å². The number of rotatable bonds is 5. The van der Waals surface area contributed by atoms with Crippen LogP contribution in [-0.2, 0) is 16.4 Å². The smallest absolute Gasteiger partial charge is 0.250 e. The Morgan fingerprint density at radius 3 is 2.39 bits per heavy atom. The summed E-state index contributed by atoms with van der Waals surface area (Å²) in [7, 11) is -3.28. The Kier molecular flexibility index (Phi) is 5.07. The van der Waals surface area contributed by atoms with E-state index >= 15 is 0 Å². The molecule has 1 N–H and O–H groups in total. The van der Waals surface area contributed by atoms with Crippen molar-refractivity contribution in [2.24, 2.45) is 0 Å². The molecule has 7 nitrogen and oxygen atoms in total.